The van der Waals surface area contributed by atoms with Crippen molar-refractivity contribution in [3.63, 3.8) is 0 Å². The number of nitrogens with zero attached hydrogens (tertiary/aromatic N) is 2. The Balaban J connectivity index is 1.68. The van der Waals surface area contributed by atoms with Crippen LogP contribution in [0.4, 0.5) is 4.39 Å². The monoisotopic (exact) mass is 309 g/mol. The van der Waals surface area contributed by atoms with Crippen molar-refractivity contribution in [1.82, 2.24) is 15.1 Å². The number of halogens is 1. The minimum atomic E-state index is -0.355. The van der Waals surface area contributed by atoms with E-state index in [-0.39, 0.29) is 11.7 Å². The molecule has 1 aromatic heterocycles. The number of hydrogen-bond donors (Lipinski definition) is 1. The Labute approximate surface area is 133 Å². The fourth-order valence-electron chi connectivity index (χ4n) is 2.33. The van der Waals surface area contributed by atoms with Crippen molar-refractivity contribution in [3.8, 4) is 0 Å². The number of benzene rings is 2. The van der Waals surface area contributed by atoms with Crippen molar-refractivity contribution in [2.24, 2.45) is 0 Å². The first-order valence-corrected chi connectivity index (χ1v) is 7.30. The molecule has 0 aliphatic heterocycles. The highest BCUT2D eigenvalue weighted by Crippen LogP contribution is 2.11. The second-order valence-corrected chi connectivity index (χ2v) is 5.16. The van der Waals surface area contributed by atoms with Crippen molar-refractivity contribution in [1.29, 1.82) is 0 Å². The maximum Gasteiger partial charge on any atom is 0.251 e. The standard InChI is InChI=1S/C18H16FN3O/c19-17-8-6-14(7-9-17)18(23)20-12-15-4-1-2-5-16(15)13-22-11-3-10-21-22/h1-11H,12-13H2,(H,20,23). The van der Waals surface area contributed by atoms with Gasteiger partial charge in [0.1, 0.15) is 5.82 Å². The zero-order valence-electron chi connectivity index (χ0n) is 12.4. The predicted octanol–water partition coefficient (Wildman–Crippen LogP) is 3.00. The second kappa shape index (κ2) is 6.87. The van der Waals surface area contributed by atoms with E-state index in [2.05, 4.69) is 10.4 Å². The van der Waals surface area contributed by atoms with E-state index in [1.54, 1.807) is 6.20 Å². The van der Waals surface area contributed by atoms with Gasteiger partial charge < -0.3 is 5.32 Å². The van der Waals surface area contributed by atoms with Crippen LogP contribution in [-0.2, 0) is 13.1 Å². The van der Waals surface area contributed by atoms with Gasteiger partial charge in [0.05, 0.1) is 6.54 Å². The Hall–Kier alpha value is -2.95. The minimum absolute atomic E-state index is 0.223. The Kier molecular flexibility index (Phi) is 4.47. The van der Waals surface area contributed by atoms with Gasteiger partial charge in [0, 0.05) is 24.5 Å². The largest absolute Gasteiger partial charge is 0.348 e. The van der Waals surface area contributed by atoms with Crippen molar-refractivity contribution < 1.29 is 9.18 Å². The first-order valence-electron chi connectivity index (χ1n) is 7.30. The highest BCUT2D eigenvalue weighted by molar-refractivity contribution is 5.94. The predicted molar refractivity (Wildman–Crippen MR) is 85.3 cm³/mol. The van der Waals surface area contributed by atoms with Gasteiger partial charge in [0.15, 0.2) is 0 Å². The van der Waals surface area contributed by atoms with Crippen molar-refractivity contribution >= 4 is 5.91 Å². The van der Waals surface area contributed by atoms with Crippen molar-refractivity contribution in [2.45, 2.75) is 13.1 Å². The van der Waals surface area contributed by atoms with Crippen LogP contribution >= 0.6 is 0 Å². The van der Waals surface area contributed by atoms with Crippen LogP contribution in [0.3, 0.4) is 0 Å². The van der Waals surface area contributed by atoms with Gasteiger partial charge in [-0.1, -0.05) is 24.3 Å². The molecular weight excluding hydrogens is 293 g/mol. The highest BCUT2D eigenvalue weighted by Gasteiger charge is 2.08. The summed E-state index contributed by atoms with van der Waals surface area (Å²) >= 11 is 0. The van der Waals surface area contributed by atoms with E-state index >= 15 is 0 Å². The third-order valence-corrected chi connectivity index (χ3v) is 3.56. The van der Waals surface area contributed by atoms with E-state index in [0.717, 1.165) is 11.1 Å². The molecule has 0 aliphatic rings. The summed E-state index contributed by atoms with van der Waals surface area (Å²) in [6.07, 6.45) is 3.63. The molecule has 1 amide bonds. The first kappa shape index (κ1) is 15.0. The van der Waals surface area contributed by atoms with Gasteiger partial charge in [-0.2, -0.15) is 5.10 Å². The summed E-state index contributed by atoms with van der Waals surface area (Å²) in [5.74, 6) is -0.579. The molecule has 5 heteroatoms. The molecule has 23 heavy (non-hydrogen) atoms. The molecule has 0 unspecified atom stereocenters. The molecule has 4 nitrogen and oxygen atoms in total. The molecule has 0 bridgehead atoms. The minimum Gasteiger partial charge on any atom is -0.348 e. The third kappa shape index (κ3) is 3.83. The quantitative estimate of drug-likeness (QED) is 0.787. The Morgan fingerprint density at radius 2 is 1.78 bits per heavy atom. The van der Waals surface area contributed by atoms with Crippen LogP contribution < -0.4 is 5.32 Å². The normalized spacial score (nSPS) is 10.5. The molecule has 0 aliphatic carbocycles. The molecule has 2 aromatic carbocycles. The Bertz CT molecular complexity index is 782. The fraction of sp³-hybridized carbons (Fsp3) is 0.111. The number of amides is 1. The highest BCUT2D eigenvalue weighted by atomic mass is 19.1. The van der Waals surface area contributed by atoms with E-state index in [0.29, 0.717) is 18.7 Å². The molecule has 116 valence electrons. The average Bonchev–Trinajstić information content (AvgIpc) is 3.07. The van der Waals surface area contributed by atoms with Gasteiger partial charge >= 0.3 is 0 Å². The van der Waals surface area contributed by atoms with Crippen LogP contribution in [0.5, 0.6) is 0 Å². The van der Waals surface area contributed by atoms with Gasteiger partial charge in [0.2, 0.25) is 0 Å². The maximum atomic E-state index is 12.9. The first-order chi connectivity index (χ1) is 11.2. The molecule has 0 fully saturated rings. The molecule has 0 radical (unpaired) electrons. The van der Waals surface area contributed by atoms with E-state index in [4.69, 9.17) is 0 Å². The molecule has 1 N–H and O–H groups in total. The fourth-order valence-corrected chi connectivity index (χ4v) is 2.33. The SMILES string of the molecule is O=C(NCc1ccccc1Cn1cccn1)c1ccc(F)cc1. The van der Waals surface area contributed by atoms with Gasteiger partial charge in [-0.05, 0) is 41.5 Å². The molecule has 0 atom stereocenters. The summed E-state index contributed by atoms with van der Waals surface area (Å²) in [6, 6.07) is 15.3. The summed E-state index contributed by atoms with van der Waals surface area (Å²) in [6.45, 7) is 1.06. The second-order valence-electron chi connectivity index (χ2n) is 5.16. The summed E-state index contributed by atoms with van der Waals surface area (Å²) in [5.41, 5.74) is 2.56. The van der Waals surface area contributed by atoms with Gasteiger partial charge in [-0.3, -0.25) is 9.48 Å². The molecule has 0 saturated heterocycles. The zero-order valence-corrected chi connectivity index (χ0v) is 12.4. The Morgan fingerprint density at radius 3 is 2.48 bits per heavy atom. The maximum absolute atomic E-state index is 12.9. The number of rotatable bonds is 5. The summed E-state index contributed by atoms with van der Waals surface area (Å²) in [4.78, 5) is 12.1. The lowest BCUT2D eigenvalue weighted by Gasteiger charge is -2.11. The van der Waals surface area contributed by atoms with Crippen LogP contribution in [0.15, 0.2) is 67.0 Å². The van der Waals surface area contributed by atoms with Gasteiger partial charge in [-0.15, -0.1) is 0 Å². The number of carbonyl (C=O) groups is 1. The molecule has 0 spiro atoms. The zero-order chi connectivity index (χ0) is 16.1. The number of aromatic nitrogens is 2. The lowest BCUT2D eigenvalue weighted by Crippen LogP contribution is -2.23. The topological polar surface area (TPSA) is 46.9 Å². The van der Waals surface area contributed by atoms with Crippen molar-refractivity contribution in [3.05, 3.63) is 89.5 Å². The summed E-state index contributed by atoms with van der Waals surface area (Å²) < 4.78 is 14.7. The summed E-state index contributed by atoms with van der Waals surface area (Å²) in [5, 5.41) is 7.06. The van der Waals surface area contributed by atoms with Crippen LogP contribution in [0.25, 0.3) is 0 Å². The molecule has 3 rings (SSSR count). The Morgan fingerprint density at radius 1 is 1.04 bits per heavy atom. The molecule has 1 heterocycles. The van der Waals surface area contributed by atoms with Crippen molar-refractivity contribution in [2.75, 3.05) is 0 Å². The van der Waals surface area contributed by atoms with E-state index in [1.165, 1.54) is 24.3 Å². The smallest absolute Gasteiger partial charge is 0.251 e. The third-order valence-electron chi connectivity index (χ3n) is 3.56. The number of hydrogen-bond acceptors (Lipinski definition) is 2. The van der Waals surface area contributed by atoms with E-state index < -0.39 is 0 Å². The number of nitrogens with one attached hydrogen (secondary N) is 1. The van der Waals surface area contributed by atoms with Crippen LogP contribution in [0, 0.1) is 5.82 Å². The number of carbonyl (C=O) groups excluding carboxylic acids is 1. The van der Waals surface area contributed by atoms with E-state index in [9.17, 15) is 9.18 Å². The van der Waals surface area contributed by atoms with E-state index in [1.807, 2.05) is 41.2 Å². The molecular formula is C18H16FN3O. The lowest BCUT2D eigenvalue weighted by molar-refractivity contribution is 0.0951. The van der Waals surface area contributed by atoms with Crippen LogP contribution in [0.1, 0.15) is 21.5 Å². The lowest BCUT2D eigenvalue weighted by atomic mass is 10.1. The van der Waals surface area contributed by atoms with Crippen LogP contribution in [0.2, 0.25) is 0 Å². The van der Waals surface area contributed by atoms with Gasteiger partial charge in [0.25, 0.3) is 5.91 Å². The van der Waals surface area contributed by atoms with Crippen LogP contribution in [-0.4, -0.2) is 15.7 Å². The van der Waals surface area contributed by atoms with Gasteiger partial charge in [-0.25, -0.2) is 4.39 Å². The molecule has 3 aromatic rings. The molecule has 0 saturated carbocycles. The average molecular weight is 309 g/mol. The summed E-state index contributed by atoms with van der Waals surface area (Å²) in [7, 11) is 0.